The largest absolute Gasteiger partial charge is 0.433 e. The molecule has 0 aromatic carbocycles. The molecule has 13 heteroatoms. The predicted octanol–water partition coefficient (Wildman–Crippen LogP) is 3.20. The Morgan fingerprint density at radius 1 is 1.20 bits per heavy atom. The standard InChI is InChI=1S/C22H16F3N9O/c1-11(13-2-5-17(28-9-13)22(23,24)25)34-20-18(15(7-27)32-34)21(35)31-19(30-20)14-3-4-16(14)33-10-12(6-26)8-29-33/h2,5,8-11,14,16H,3-4H2,1H3,(H,30,31,35)/t11-,14+,16+/m1/s1. The number of nitriles is 2. The van der Waals surface area contributed by atoms with Gasteiger partial charge in [0.05, 0.1) is 23.8 Å². The minimum Gasteiger partial charge on any atom is -0.309 e. The van der Waals surface area contributed by atoms with Crippen molar-refractivity contribution in [3.63, 3.8) is 0 Å². The van der Waals surface area contributed by atoms with Crippen molar-refractivity contribution < 1.29 is 13.2 Å². The molecule has 4 aromatic heterocycles. The summed E-state index contributed by atoms with van der Waals surface area (Å²) in [6.07, 6.45) is 1.11. The van der Waals surface area contributed by atoms with Crippen LogP contribution < -0.4 is 5.56 Å². The normalized spacial score (nSPS) is 18.6. The summed E-state index contributed by atoms with van der Waals surface area (Å²) >= 11 is 0. The first-order valence-corrected chi connectivity index (χ1v) is 10.6. The van der Waals surface area contributed by atoms with Crippen molar-refractivity contribution >= 4 is 11.0 Å². The van der Waals surface area contributed by atoms with Gasteiger partial charge in [-0.2, -0.15) is 33.9 Å². The number of halogens is 3. The van der Waals surface area contributed by atoms with Gasteiger partial charge in [-0.1, -0.05) is 6.07 Å². The molecule has 1 N–H and O–H groups in total. The molecule has 0 spiro atoms. The summed E-state index contributed by atoms with van der Waals surface area (Å²) in [5, 5.41) is 27.0. The minimum absolute atomic E-state index is 0.00435. The van der Waals surface area contributed by atoms with Gasteiger partial charge in [-0.05, 0) is 31.4 Å². The average Bonchev–Trinajstić information content (AvgIpc) is 3.42. The maximum Gasteiger partial charge on any atom is 0.433 e. The summed E-state index contributed by atoms with van der Waals surface area (Å²) in [7, 11) is 0. The summed E-state index contributed by atoms with van der Waals surface area (Å²) in [6, 6.07) is 5.30. The smallest absolute Gasteiger partial charge is 0.309 e. The molecule has 0 unspecified atom stereocenters. The first-order chi connectivity index (χ1) is 16.7. The maximum atomic E-state index is 12.9. The van der Waals surface area contributed by atoms with Gasteiger partial charge in [0.1, 0.15) is 29.0 Å². The molecule has 5 rings (SSSR count). The Balaban J connectivity index is 1.56. The van der Waals surface area contributed by atoms with Crippen molar-refractivity contribution in [3.05, 3.63) is 69.4 Å². The molecule has 0 aliphatic heterocycles. The second-order valence-corrected chi connectivity index (χ2v) is 8.28. The summed E-state index contributed by atoms with van der Waals surface area (Å²) in [5.74, 6) is 0.201. The van der Waals surface area contributed by atoms with Crippen molar-refractivity contribution in [2.24, 2.45) is 0 Å². The van der Waals surface area contributed by atoms with Crippen LogP contribution in [0.1, 0.15) is 66.1 Å². The second kappa shape index (κ2) is 8.06. The van der Waals surface area contributed by atoms with E-state index in [1.807, 2.05) is 12.1 Å². The third kappa shape index (κ3) is 3.71. The zero-order valence-corrected chi connectivity index (χ0v) is 18.2. The molecule has 1 aliphatic rings. The van der Waals surface area contributed by atoms with Crippen LogP contribution in [0, 0.1) is 22.7 Å². The Kier molecular flexibility index (Phi) is 5.13. The maximum absolute atomic E-state index is 12.9. The summed E-state index contributed by atoms with van der Waals surface area (Å²) in [4.78, 5) is 23.8. The van der Waals surface area contributed by atoms with Crippen LogP contribution in [0.4, 0.5) is 13.2 Å². The van der Waals surface area contributed by atoms with Crippen LogP contribution in [-0.4, -0.2) is 34.5 Å². The van der Waals surface area contributed by atoms with E-state index in [9.17, 15) is 23.2 Å². The number of H-pyrrole nitrogens is 1. The molecule has 3 atom stereocenters. The first kappa shape index (κ1) is 22.3. The van der Waals surface area contributed by atoms with Gasteiger partial charge in [0, 0.05) is 18.3 Å². The molecule has 10 nitrogen and oxygen atoms in total. The number of rotatable bonds is 4. The van der Waals surface area contributed by atoms with Crippen LogP contribution in [0.2, 0.25) is 0 Å². The molecule has 0 bridgehead atoms. The average molecular weight is 479 g/mol. The number of aromatic nitrogens is 7. The van der Waals surface area contributed by atoms with Gasteiger partial charge in [0.25, 0.3) is 5.56 Å². The van der Waals surface area contributed by atoms with Gasteiger partial charge in [-0.3, -0.25) is 14.5 Å². The van der Waals surface area contributed by atoms with Gasteiger partial charge in [0.2, 0.25) is 0 Å². The molecule has 1 saturated carbocycles. The third-order valence-electron chi connectivity index (χ3n) is 6.27. The molecule has 4 aromatic rings. The van der Waals surface area contributed by atoms with Gasteiger partial charge >= 0.3 is 6.18 Å². The van der Waals surface area contributed by atoms with E-state index in [1.54, 1.807) is 17.8 Å². The number of nitrogens with one attached hydrogen (secondary N) is 1. The Morgan fingerprint density at radius 2 is 2.00 bits per heavy atom. The van der Waals surface area contributed by atoms with Crippen molar-refractivity contribution in [1.29, 1.82) is 10.5 Å². The Labute approximate surface area is 195 Å². The van der Waals surface area contributed by atoms with Crippen molar-refractivity contribution in [1.82, 2.24) is 34.5 Å². The molecule has 176 valence electrons. The second-order valence-electron chi connectivity index (χ2n) is 8.28. The molecule has 0 amide bonds. The van der Waals surface area contributed by atoms with E-state index in [-0.39, 0.29) is 28.7 Å². The highest BCUT2D eigenvalue weighted by Gasteiger charge is 2.37. The number of nitrogens with zero attached hydrogens (tertiary/aromatic N) is 8. The Morgan fingerprint density at radius 3 is 2.57 bits per heavy atom. The van der Waals surface area contributed by atoms with E-state index < -0.39 is 23.5 Å². The zero-order valence-electron chi connectivity index (χ0n) is 18.2. The number of alkyl halides is 3. The van der Waals surface area contributed by atoms with E-state index in [0.29, 0.717) is 17.0 Å². The third-order valence-corrected chi connectivity index (χ3v) is 6.27. The molecule has 1 aliphatic carbocycles. The Hall–Kier alpha value is -4.52. The van der Waals surface area contributed by atoms with Gasteiger partial charge in [-0.25, -0.2) is 9.67 Å². The quantitative estimate of drug-likeness (QED) is 0.474. The van der Waals surface area contributed by atoms with Crippen LogP contribution >= 0.6 is 0 Å². The number of aromatic amines is 1. The number of pyridine rings is 1. The fourth-order valence-electron chi connectivity index (χ4n) is 4.24. The lowest BCUT2D eigenvalue weighted by molar-refractivity contribution is -0.141. The van der Waals surface area contributed by atoms with Gasteiger partial charge < -0.3 is 4.98 Å². The van der Waals surface area contributed by atoms with Gasteiger partial charge in [-0.15, -0.1) is 0 Å². The van der Waals surface area contributed by atoms with E-state index in [4.69, 9.17) is 5.26 Å². The number of hydrogen-bond acceptors (Lipinski definition) is 7. The topological polar surface area (TPSA) is 142 Å². The van der Waals surface area contributed by atoms with E-state index in [2.05, 4.69) is 25.1 Å². The van der Waals surface area contributed by atoms with Crippen molar-refractivity contribution in [2.75, 3.05) is 0 Å². The monoisotopic (exact) mass is 479 g/mol. The highest BCUT2D eigenvalue weighted by molar-refractivity contribution is 5.80. The van der Waals surface area contributed by atoms with Crippen LogP contribution in [0.25, 0.3) is 11.0 Å². The van der Waals surface area contributed by atoms with Gasteiger partial charge in [0.15, 0.2) is 11.3 Å². The predicted molar refractivity (Wildman–Crippen MR) is 114 cm³/mol. The highest BCUT2D eigenvalue weighted by atomic mass is 19.4. The number of fused-ring (bicyclic) bond motifs is 1. The summed E-state index contributed by atoms with van der Waals surface area (Å²) in [6.45, 7) is 1.67. The highest BCUT2D eigenvalue weighted by Crippen LogP contribution is 2.44. The van der Waals surface area contributed by atoms with E-state index in [1.165, 1.54) is 16.9 Å². The summed E-state index contributed by atoms with van der Waals surface area (Å²) in [5.41, 5.74) is -0.725. The van der Waals surface area contributed by atoms with Crippen LogP contribution in [0.15, 0.2) is 35.5 Å². The van der Waals surface area contributed by atoms with E-state index >= 15 is 0 Å². The lowest BCUT2D eigenvalue weighted by atomic mass is 9.79. The van der Waals surface area contributed by atoms with Crippen molar-refractivity contribution in [2.45, 2.75) is 43.9 Å². The van der Waals surface area contributed by atoms with Crippen LogP contribution in [0.3, 0.4) is 0 Å². The molecule has 1 fully saturated rings. The lowest BCUT2D eigenvalue weighted by Crippen LogP contribution is -2.30. The summed E-state index contributed by atoms with van der Waals surface area (Å²) < 4.78 is 41.7. The Bertz CT molecular complexity index is 1570. The zero-order chi connectivity index (χ0) is 24.9. The SMILES string of the molecule is C[C@H](c1ccc(C(F)(F)F)nc1)n1nc(C#N)c2c(=O)[nH]c([C@H]3CC[C@@H]3n3cc(C#N)cn3)nc21. The molecular weight excluding hydrogens is 463 g/mol. The molecule has 35 heavy (non-hydrogen) atoms. The fourth-order valence-corrected chi connectivity index (χ4v) is 4.24. The van der Waals surface area contributed by atoms with Crippen molar-refractivity contribution in [3.8, 4) is 12.1 Å². The van der Waals surface area contributed by atoms with Crippen LogP contribution in [-0.2, 0) is 6.18 Å². The van der Waals surface area contributed by atoms with Crippen LogP contribution in [0.5, 0.6) is 0 Å². The van der Waals surface area contributed by atoms with E-state index in [0.717, 1.165) is 25.1 Å². The molecule has 0 saturated heterocycles. The molecule has 0 radical (unpaired) electrons. The molecule has 4 heterocycles. The minimum atomic E-state index is -4.57. The molecular formula is C22H16F3N9O. The first-order valence-electron chi connectivity index (χ1n) is 10.6. The lowest BCUT2D eigenvalue weighted by Gasteiger charge is -2.35. The number of hydrogen-bond donors (Lipinski definition) is 1. The fraction of sp³-hybridized carbons (Fsp3) is 0.318.